The summed E-state index contributed by atoms with van der Waals surface area (Å²) in [6.45, 7) is 0.217. The van der Waals surface area contributed by atoms with Gasteiger partial charge < -0.3 is 9.30 Å². The van der Waals surface area contributed by atoms with Crippen molar-refractivity contribution in [3.8, 4) is 0 Å². The molecule has 2 unspecified atom stereocenters. The van der Waals surface area contributed by atoms with Crippen molar-refractivity contribution < 1.29 is 17.9 Å². The van der Waals surface area contributed by atoms with Crippen LogP contribution in [0.15, 0.2) is 12.4 Å². The zero-order chi connectivity index (χ0) is 24.4. The Bertz CT molecular complexity index is 957. The van der Waals surface area contributed by atoms with Crippen molar-refractivity contribution in [2.24, 2.45) is 13.0 Å². The van der Waals surface area contributed by atoms with Crippen LogP contribution in [0.2, 0.25) is 0 Å². The van der Waals surface area contributed by atoms with Gasteiger partial charge >= 0.3 is 6.18 Å². The van der Waals surface area contributed by atoms with Crippen molar-refractivity contribution in [1.29, 1.82) is 0 Å². The minimum atomic E-state index is -4.13. The van der Waals surface area contributed by atoms with Crippen molar-refractivity contribution >= 4 is 0 Å². The van der Waals surface area contributed by atoms with E-state index >= 15 is 0 Å². The monoisotopic (exact) mass is 493 g/mol. The summed E-state index contributed by atoms with van der Waals surface area (Å²) in [6.07, 6.45) is 12.2. The Labute approximate surface area is 205 Å². The summed E-state index contributed by atoms with van der Waals surface area (Å²) in [7, 11) is 1.95. The number of alkyl halides is 3. The summed E-state index contributed by atoms with van der Waals surface area (Å²) >= 11 is 0. The smallest absolute Gasteiger partial charge is 0.370 e. The standard InChI is InChI=1S/C26H38F3N5O/c1-33-24(17-35-23-9-5-6-21(14-23)26(27,28)29)31-32-25(33)19-12-10-18(11-13-19)20-15-30-34(16-20)22-7-3-2-4-8-22/h15-16,18-19,21-23H,2-14,17H2,1H3. The van der Waals surface area contributed by atoms with Crippen LogP contribution >= 0.6 is 0 Å². The number of hydrogen-bond donors (Lipinski definition) is 0. The van der Waals surface area contributed by atoms with Gasteiger partial charge in [-0.05, 0) is 69.3 Å². The molecular formula is C26H38F3N5O. The van der Waals surface area contributed by atoms with Gasteiger partial charge in [-0.2, -0.15) is 18.3 Å². The molecule has 3 aliphatic carbocycles. The lowest BCUT2D eigenvalue weighted by Gasteiger charge is -2.30. The topological polar surface area (TPSA) is 57.8 Å². The molecule has 0 saturated heterocycles. The number of halogens is 3. The van der Waals surface area contributed by atoms with Crippen LogP contribution in [0, 0.1) is 5.92 Å². The molecule has 0 aliphatic heterocycles. The van der Waals surface area contributed by atoms with Crippen molar-refractivity contribution in [3.05, 3.63) is 29.6 Å². The second-order valence-corrected chi connectivity index (χ2v) is 11.0. The van der Waals surface area contributed by atoms with E-state index in [1.807, 2.05) is 11.6 Å². The minimum absolute atomic E-state index is 0.0511. The second kappa shape index (κ2) is 10.6. The average molecular weight is 494 g/mol. The highest BCUT2D eigenvalue weighted by atomic mass is 19.4. The first-order valence-electron chi connectivity index (χ1n) is 13.5. The first-order valence-corrected chi connectivity index (χ1v) is 13.5. The van der Waals surface area contributed by atoms with Gasteiger partial charge in [0.2, 0.25) is 0 Å². The Balaban J connectivity index is 1.13. The van der Waals surface area contributed by atoms with Gasteiger partial charge in [-0.3, -0.25) is 4.68 Å². The van der Waals surface area contributed by atoms with Crippen molar-refractivity contribution in [3.63, 3.8) is 0 Å². The van der Waals surface area contributed by atoms with Crippen LogP contribution in [0.3, 0.4) is 0 Å². The van der Waals surface area contributed by atoms with Gasteiger partial charge in [-0.25, -0.2) is 0 Å². The molecular weight excluding hydrogens is 455 g/mol. The van der Waals surface area contributed by atoms with Gasteiger partial charge in [0.1, 0.15) is 12.4 Å². The molecule has 0 N–H and O–H groups in total. The molecule has 0 amide bonds. The van der Waals surface area contributed by atoms with E-state index in [1.165, 1.54) is 37.7 Å². The minimum Gasteiger partial charge on any atom is -0.370 e. The molecule has 2 atom stereocenters. The number of hydrogen-bond acceptors (Lipinski definition) is 4. The molecule has 35 heavy (non-hydrogen) atoms. The van der Waals surface area contributed by atoms with Crippen LogP contribution in [0.5, 0.6) is 0 Å². The number of aromatic nitrogens is 5. The van der Waals surface area contributed by atoms with Gasteiger partial charge in [0.15, 0.2) is 5.82 Å². The van der Waals surface area contributed by atoms with E-state index in [-0.39, 0.29) is 25.6 Å². The number of rotatable bonds is 6. The molecule has 9 heteroatoms. The van der Waals surface area contributed by atoms with E-state index in [1.54, 1.807) is 0 Å². The maximum Gasteiger partial charge on any atom is 0.391 e. The zero-order valence-corrected chi connectivity index (χ0v) is 20.7. The highest BCUT2D eigenvalue weighted by molar-refractivity contribution is 5.15. The Kier molecular flexibility index (Phi) is 7.51. The van der Waals surface area contributed by atoms with E-state index in [0.29, 0.717) is 36.5 Å². The fraction of sp³-hybridized carbons (Fsp3) is 0.808. The SMILES string of the molecule is Cn1c(COC2CCCC(C(F)(F)F)C2)nnc1C1CCC(c2cnn(C3CCCCC3)c2)CC1. The van der Waals surface area contributed by atoms with Crippen LogP contribution in [0.1, 0.15) is 119 Å². The quantitative estimate of drug-likeness (QED) is 0.455. The zero-order valence-electron chi connectivity index (χ0n) is 20.7. The van der Waals surface area contributed by atoms with E-state index in [4.69, 9.17) is 9.84 Å². The number of ether oxygens (including phenoxy) is 1. The van der Waals surface area contributed by atoms with Crippen molar-refractivity contribution in [2.45, 2.75) is 120 Å². The normalized spacial score (nSPS) is 28.9. The lowest BCUT2D eigenvalue weighted by molar-refractivity contribution is -0.193. The van der Waals surface area contributed by atoms with E-state index < -0.39 is 12.1 Å². The average Bonchev–Trinajstić information content (AvgIpc) is 3.50. The molecule has 2 aromatic heterocycles. The van der Waals surface area contributed by atoms with E-state index in [0.717, 1.165) is 31.5 Å². The summed E-state index contributed by atoms with van der Waals surface area (Å²) in [5.41, 5.74) is 1.37. The predicted molar refractivity (Wildman–Crippen MR) is 126 cm³/mol. The molecule has 6 nitrogen and oxygen atoms in total. The molecule has 5 rings (SSSR count). The van der Waals surface area contributed by atoms with Crippen LogP contribution in [0.25, 0.3) is 0 Å². The third-order valence-corrected chi connectivity index (χ3v) is 8.67. The van der Waals surface area contributed by atoms with Gasteiger partial charge in [-0.15, -0.1) is 10.2 Å². The summed E-state index contributed by atoms with van der Waals surface area (Å²) in [5, 5.41) is 13.5. The molecule has 3 saturated carbocycles. The molecule has 3 fully saturated rings. The molecule has 0 radical (unpaired) electrons. The number of nitrogens with zero attached hydrogens (tertiary/aromatic N) is 5. The molecule has 194 valence electrons. The molecule has 3 aliphatic rings. The van der Waals surface area contributed by atoms with Gasteiger partial charge in [-0.1, -0.05) is 25.7 Å². The van der Waals surface area contributed by atoms with E-state index in [2.05, 4.69) is 27.3 Å². The fourth-order valence-electron chi connectivity index (χ4n) is 6.44. The molecule has 0 bridgehead atoms. The van der Waals surface area contributed by atoms with E-state index in [9.17, 15) is 13.2 Å². The predicted octanol–water partition coefficient (Wildman–Crippen LogP) is 6.60. The maximum absolute atomic E-state index is 13.1. The van der Waals surface area contributed by atoms with Crippen molar-refractivity contribution in [1.82, 2.24) is 24.5 Å². The van der Waals surface area contributed by atoms with Crippen LogP contribution in [-0.4, -0.2) is 36.8 Å². The Morgan fingerprint density at radius 1 is 0.914 bits per heavy atom. The van der Waals surface area contributed by atoms with Gasteiger partial charge in [0.25, 0.3) is 0 Å². The Morgan fingerprint density at radius 2 is 1.66 bits per heavy atom. The lowest BCUT2D eigenvalue weighted by Crippen LogP contribution is -2.32. The molecule has 2 heterocycles. The van der Waals surface area contributed by atoms with Crippen LogP contribution in [-0.2, 0) is 18.4 Å². The Morgan fingerprint density at radius 3 is 2.40 bits per heavy atom. The highest BCUT2D eigenvalue weighted by Crippen LogP contribution is 2.41. The third-order valence-electron chi connectivity index (χ3n) is 8.67. The van der Waals surface area contributed by atoms with Crippen LogP contribution in [0.4, 0.5) is 13.2 Å². The second-order valence-electron chi connectivity index (χ2n) is 11.0. The Hall–Kier alpha value is -1.90. The fourth-order valence-corrected chi connectivity index (χ4v) is 6.44. The van der Waals surface area contributed by atoms with Gasteiger partial charge in [0.05, 0.1) is 24.3 Å². The molecule has 2 aromatic rings. The largest absolute Gasteiger partial charge is 0.391 e. The first-order chi connectivity index (χ1) is 16.9. The summed E-state index contributed by atoms with van der Waals surface area (Å²) in [6, 6.07) is 0.570. The highest BCUT2D eigenvalue weighted by Gasteiger charge is 2.42. The maximum atomic E-state index is 13.1. The first kappa shape index (κ1) is 24.8. The summed E-state index contributed by atoms with van der Waals surface area (Å²) in [5.74, 6) is 1.32. The lowest BCUT2D eigenvalue weighted by atomic mass is 9.79. The molecule has 0 aromatic carbocycles. The molecule has 0 spiro atoms. The van der Waals surface area contributed by atoms with Crippen LogP contribution < -0.4 is 0 Å². The summed E-state index contributed by atoms with van der Waals surface area (Å²) in [4.78, 5) is 0. The van der Waals surface area contributed by atoms with Gasteiger partial charge in [0, 0.05) is 19.2 Å². The third kappa shape index (κ3) is 5.75. The van der Waals surface area contributed by atoms with Crippen molar-refractivity contribution in [2.75, 3.05) is 0 Å². The summed E-state index contributed by atoms with van der Waals surface area (Å²) < 4.78 is 49.3.